The van der Waals surface area contributed by atoms with Gasteiger partial charge in [-0.3, -0.25) is 20.1 Å². The van der Waals surface area contributed by atoms with Crippen LogP contribution in [-0.4, -0.2) is 99.0 Å². The van der Waals surface area contributed by atoms with E-state index in [4.69, 9.17) is 0 Å². The van der Waals surface area contributed by atoms with Crippen molar-refractivity contribution in [1.82, 2.24) is 39.6 Å². The zero-order chi connectivity index (χ0) is 29.1. The van der Waals surface area contributed by atoms with Gasteiger partial charge in [-0.05, 0) is 69.4 Å². The number of hydrogen-bond acceptors (Lipinski definition) is 9. The number of aromatic nitrogens is 4. The molecule has 1 saturated carbocycles. The SMILES string of the molecule is CN1CCC(CN2CCN(Cc3ccc(C(=O)NN(c4nc(C#N)nc5c4ncn5C)C4CCCC4)cc3)CC2)CC1. The first-order valence-electron chi connectivity index (χ1n) is 15.4. The number of imidazole rings is 1. The average Bonchev–Trinajstić information content (AvgIpc) is 3.68. The van der Waals surface area contributed by atoms with Crippen LogP contribution in [0.25, 0.3) is 11.2 Å². The van der Waals surface area contributed by atoms with Gasteiger partial charge in [0.2, 0.25) is 5.82 Å². The highest BCUT2D eigenvalue weighted by Gasteiger charge is 2.29. The highest BCUT2D eigenvalue weighted by atomic mass is 16.2. The Morgan fingerprint density at radius 2 is 1.67 bits per heavy atom. The topological polar surface area (TPSA) is 109 Å². The molecule has 1 amide bonds. The lowest BCUT2D eigenvalue weighted by atomic mass is 9.96. The van der Waals surface area contributed by atoms with Gasteiger partial charge in [0.25, 0.3) is 5.91 Å². The number of rotatable bonds is 8. The number of hydrazine groups is 1. The molecule has 0 unspecified atom stereocenters. The molecule has 1 aliphatic carbocycles. The van der Waals surface area contributed by atoms with Crippen molar-refractivity contribution < 1.29 is 4.79 Å². The number of aryl methyl sites for hydroxylation is 1. The summed E-state index contributed by atoms with van der Waals surface area (Å²) < 4.78 is 1.77. The fourth-order valence-corrected chi connectivity index (χ4v) is 6.62. The lowest BCUT2D eigenvalue weighted by Crippen LogP contribution is -2.48. The number of fused-ring (bicyclic) bond motifs is 1. The van der Waals surface area contributed by atoms with Crippen molar-refractivity contribution in [3.8, 4) is 6.07 Å². The van der Waals surface area contributed by atoms with Crippen molar-refractivity contribution in [2.75, 3.05) is 57.9 Å². The van der Waals surface area contributed by atoms with Crippen molar-refractivity contribution in [3.05, 3.63) is 47.5 Å². The van der Waals surface area contributed by atoms with Gasteiger partial charge >= 0.3 is 0 Å². The molecule has 1 aromatic carbocycles. The molecule has 2 aliphatic heterocycles. The number of piperidine rings is 1. The first-order valence-corrected chi connectivity index (χ1v) is 15.4. The highest BCUT2D eigenvalue weighted by molar-refractivity contribution is 5.96. The second-order valence-corrected chi connectivity index (χ2v) is 12.3. The molecule has 11 heteroatoms. The molecule has 222 valence electrons. The van der Waals surface area contributed by atoms with Crippen LogP contribution < -0.4 is 10.4 Å². The first-order chi connectivity index (χ1) is 20.5. The van der Waals surface area contributed by atoms with E-state index >= 15 is 0 Å². The minimum atomic E-state index is -0.197. The lowest BCUT2D eigenvalue weighted by Gasteiger charge is -2.38. The summed E-state index contributed by atoms with van der Waals surface area (Å²) in [5, 5.41) is 11.4. The van der Waals surface area contributed by atoms with Crippen LogP contribution in [0, 0.1) is 17.2 Å². The molecule has 11 nitrogen and oxygen atoms in total. The number of likely N-dealkylation sites (tertiary alicyclic amines) is 1. The molecule has 3 aliphatic rings. The summed E-state index contributed by atoms with van der Waals surface area (Å²) in [6.45, 7) is 9.01. The molecule has 1 N–H and O–H groups in total. The van der Waals surface area contributed by atoms with E-state index in [1.165, 1.54) is 38.0 Å². The normalized spacial score (nSPS) is 19.7. The van der Waals surface area contributed by atoms with Crippen LogP contribution in [0.2, 0.25) is 0 Å². The third-order valence-corrected chi connectivity index (χ3v) is 9.22. The average molecular weight is 571 g/mol. The van der Waals surface area contributed by atoms with E-state index in [2.05, 4.69) is 60.3 Å². The Morgan fingerprint density at radius 1 is 0.976 bits per heavy atom. The molecule has 6 rings (SSSR count). The zero-order valence-corrected chi connectivity index (χ0v) is 24.9. The van der Waals surface area contributed by atoms with Crippen molar-refractivity contribution in [2.24, 2.45) is 13.0 Å². The van der Waals surface area contributed by atoms with Crippen molar-refractivity contribution in [1.29, 1.82) is 5.26 Å². The molecule has 0 bridgehead atoms. The summed E-state index contributed by atoms with van der Waals surface area (Å²) in [4.78, 5) is 34.4. The Labute approximate surface area is 248 Å². The standard InChI is InChI=1S/C31H42N10O/c1-37-13-11-24(12-14-37)21-40-17-15-39(16-18-40)20-23-7-9-25(10-8-23)31(42)36-41(26-5-3-4-6-26)30-28-29(38(2)22-33-28)34-27(19-32)35-30/h7-10,22,24,26H,3-6,11-18,20-21H2,1-2H3,(H,36,42). The van der Waals surface area contributed by atoms with E-state index < -0.39 is 0 Å². The smallest absolute Gasteiger partial charge is 0.269 e. The number of nitrogens with zero attached hydrogens (tertiary/aromatic N) is 9. The van der Waals surface area contributed by atoms with Crippen LogP contribution in [0.15, 0.2) is 30.6 Å². The molecule has 4 heterocycles. The summed E-state index contributed by atoms with van der Waals surface area (Å²) in [6.07, 6.45) is 8.34. The Morgan fingerprint density at radius 3 is 2.36 bits per heavy atom. The molecule has 0 spiro atoms. The summed E-state index contributed by atoms with van der Waals surface area (Å²) >= 11 is 0. The number of nitriles is 1. The van der Waals surface area contributed by atoms with Crippen LogP contribution in [-0.2, 0) is 13.6 Å². The highest BCUT2D eigenvalue weighted by Crippen LogP contribution is 2.30. The van der Waals surface area contributed by atoms with Gasteiger partial charge in [0.1, 0.15) is 6.07 Å². The molecule has 2 saturated heterocycles. The van der Waals surface area contributed by atoms with Crippen LogP contribution >= 0.6 is 0 Å². The zero-order valence-electron chi connectivity index (χ0n) is 24.9. The minimum Gasteiger partial charge on any atom is -0.318 e. The summed E-state index contributed by atoms with van der Waals surface area (Å²) in [5.41, 5.74) is 6.07. The van der Waals surface area contributed by atoms with Gasteiger partial charge in [0.15, 0.2) is 17.0 Å². The van der Waals surface area contributed by atoms with Gasteiger partial charge in [-0.15, -0.1) is 0 Å². The van der Waals surface area contributed by atoms with E-state index in [9.17, 15) is 10.1 Å². The van der Waals surface area contributed by atoms with Gasteiger partial charge in [-0.2, -0.15) is 15.2 Å². The first kappa shape index (κ1) is 28.5. The van der Waals surface area contributed by atoms with E-state index in [-0.39, 0.29) is 17.8 Å². The van der Waals surface area contributed by atoms with Crippen molar-refractivity contribution >= 4 is 22.9 Å². The predicted octanol–water partition coefficient (Wildman–Crippen LogP) is 2.79. The Balaban J connectivity index is 1.08. The Hall–Kier alpha value is -3.59. The van der Waals surface area contributed by atoms with Crippen LogP contribution in [0.3, 0.4) is 0 Å². The number of piperazine rings is 1. The maximum absolute atomic E-state index is 13.5. The molecule has 3 fully saturated rings. The monoisotopic (exact) mass is 570 g/mol. The molecule has 2 aromatic heterocycles. The number of carbonyl (C=O) groups excluding carboxylic acids is 1. The summed E-state index contributed by atoms with van der Waals surface area (Å²) in [7, 11) is 4.06. The van der Waals surface area contributed by atoms with Gasteiger partial charge in [-0.25, -0.2) is 4.98 Å². The fourth-order valence-electron chi connectivity index (χ4n) is 6.62. The van der Waals surface area contributed by atoms with Crippen molar-refractivity contribution in [2.45, 2.75) is 51.1 Å². The third-order valence-electron chi connectivity index (χ3n) is 9.22. The lowest BCUT2D eigenvalue weighted by molar-refractivity contribution is 0.0943. The molecule has 0 radical (unpaired) electrons. The number of nitrogens with one attached hydrogen (secondary N) is 1. The van der Waals surface area contributed by atoms with E-state index in [1.54, 1.807) is 10.9 Å². The van der Waals surface area contributed by atoms with Gasteiger partial charge in [0, 0.05) is 51.9 Å². The third kappa shape index (κ3) is 6.41. The molecule has 42 heavy (non-hydrogen) atoms. The predicted molar refractivity (Wildman–Crippen MR) is 162 cm³/mol. The number of carbonyl (C=O) groups is 1. The number of hydrogen-bond donors (Lipinski definition) is 1. The largest absolute Gasteiger partial charge is 0.318 e. The maximum atomic E-state index is 13.5. The van der Waals surface area contributed by atoms with Crippen molar-refractivity contribution in [3.63, 3.8) is 0 Å². The second-order valence-electron chi connectivity index (χ2n) is 12.3. The van der Waals surface area contributed by atoms with Gasteiger partial charge in [0.05, 0.1) is 12.4 Å². The quantitative estimate of drug-likeness (QED) is 0.409. The van der Waals surface area contributed by atoms with Crippen LogP contribution in [0.4, 0.5) is 5.82 Å². The van der Waals surface area contributed by atoms with Crippen LogP contribution in [0.1, 0.15) is 60.3 Å². The molecular weight excluding hydrogens is 528 g/mol. The number of amides is 1. The summed E-state index contributed by atoms with van der Waals surface area (Å²) in [5.74, 6) is 1.18. The maximum Gasteiger partial charge on any atom is 0.269 e. The number of anilines is 1. The van der Waals surface area contributed by atoms with E-state index in [0.717, 1.165) is 64.3 Å². The van der Waals surface area contributed by atoms with Gasteiger partial charge < -0.3 is 14.4 Å². The van der Waals surface area contributed by atoms with Gasteiger partial charge in [-0.1, -0.05) is 25.0 Å². The number of benzene rings is 1. The minimum absolute atomic E-state index is 0.0605. The molecule has 0 atom stereocenters. The van der Waals surface area contributed by atoms with E-state index in [1.807, 2.05) is 24.2 Å². The molecule has 3 aromatic rings. The Bertz CT molecular complexity index is 1410. The van der Waals surface area contributed by atoms with Crippen LogP contribution in [0.5, 0.6) is 0 Å². The fraction of sp³-hybridized carbons (Fsp3) is 0.581. The second kappa shape index (κ2) is 12.7. The summed E-state index contributed by atoms with van der Waals surface area (Å²) in [6, 6.07) is 10.1. The van der Waals surface area contributed by atoms with E-state index in [0.29, 0.717) is 22.5 Å². The molecular formula is C31H42N10O. The Kier molecular flexibility index (Phi) is 8.65.